The third kappa shape index (κ3) is 8.15. The number of carbonyl (C=O) groups is 4. The molecule has 2 aromatic carbocycles. The summed E-state index contributed by atoms with van der Waals surface area (Å²) in [6, 6.07) is 13.9. The minimum absolute atomic E-state index is 0.265. The predicted octanol–water partition coefficient (Wildman–Crippen LogP) is 0.800. The zero-order valence-corrected chi connectivity index (χ0v) is 20.2. The number of nitrogens with two attached hydrogens (primary N) is 2. The molecule has 0 bridgehead atoms. The minimum atomic E-state index is -1.47. The van der Waals surface area contributed by atoms with Gasteiger partial charge in [0.2, 0.25) is 5.91 Å². The fourth-order valence-corrected chi connectivity index (χ4v) is 3.80. The number of hydrogen-bond donors (Lipinski definition) is 6. The molecule has 2 rings (SSSR count). The van der Waals surface area contributed by atoms with Gasteiger partial charge in [0.1, 0.15) is 0 Å². The number of hydrazine groups is 1. The lowest BCUT2D eigenvalue weighted by atomic mass is 9.82. The molecule has 11 heteroatoms. The van der Waals surface area contributed by atoms with Crippen LogP contribution in [0.5, 0.6) is 0 Å². The molecule has 0 fully saturated rings. The van der Waals surface area contributed by atoms with Crippen LogP contribution in [-0.2, 0) is 9.59 Å². The highest BCUT2D eigenvalue weighted by atomic mass is 16.4. The van der Waals surface area contributed by atoms with E-state index in [0.29, 0.717) is 5.56 Å². The molecule has 36 heavy (non-hydrogen) atoms. The highest BCUT2D eigenvalue weighted by Gasteiger charge is 2.39. The molecule has 11 nitrogen and oxygen atoms in total. The first kappa shape index (κ1) is 28.4. The second kappa shape index (κ2) is 13.3. The molecule has 194 valence electrons. The van der Waals surface area contributed by atoms with Crippen LogP contribution in [0, 0.1) is 5.92 Å². The third-order valence-electron chi connectivity index (χ3n) is 5.65. The number of amides is 3. The first-order valence-corrected chi connectivity index (χ1v) is 11.4. The number of carboxylic acid groups (broad SMARTS) is 1. The molecule has 0 aliphatic heterocycles. The maximum Gasteiger partial charge on any atom is 0.419 e. The Kier molecular flexibility index (Phi) is 10.5. The monoisotopic (exact) mass is 499 g/mol. The highest BCUT2D eigenvalue weighted by Crippen LogP contribution is 2.26. The average molecular weight is 500 g/mol. The van der Waals surface area contributed by atoms with Crippen LogP contribution in [0.4, 0.5) is 4.79 Å². The number of Topliss-reactive ketones (excluding diaryl/α,β-unsaturated/α-hetero) is 1. The lowest BCUT2D eigenvalue weighted by molar-refractivity contribution is -0.132. The number of nitrogens with one attached hydrogen (secondary N) is 2. The summed E-state index contributed by atoms with van der Waals surface area (Å²) in [5.74, 6) is -3.46. The summed E-state index contributed by atoms with van der Waals surface area (Å²) in [6.45, 7) is 3.12. The second-order valence-corrected chi connectivity index (χ2v) is 8.66. The van der Waals surface area contributed by atoms with Gasteiger partial charge in [-0.3, -0.25) is 19.8 Å². The Morgan fingerprint density at radius 2 is 1.53 bits per heavy atom. The standard InChI is InChI=1S/C25H33N5O6/c1-15(2)30(29-25(35)36)14-19(31)21(22(27)16-9-5-3-6-10-16)23(33)18(13-20(26)32)28-24(34)17-11-7-4-8-12-17/h3-12,15,18-19,21-22,29,31H,13-14,27H2,1-2H3,(H2,26,32)(H,28,34)(H,35,36)/t18-,19-,21+,22?/m0/s1. The number of aliphatic hydroxyl groups excluding tert-OH is 1. The Morgan fingerprint density at radius 1 is 0.972 bits per heavy atom. The normalized spacial score (nSPS) is 14.5. The van der Waals surface area contributed by atoms with E-state index < -0.39 is 54.2 Å². The number of primary amides is 1. The van der Waals surface area contributed by atoms with Crippen LogP contribution in [0.25, 0.3) is 0 Å². The zero-order chi connectivity index (χ0) is 26.8. The number of ketones is 1. The fourth-order valence-electron chi connectivity index (χ4n) is 3.80. The molecule has 0 saturated heterocycles. The van der Waals surface area contributed by atoms with Gasteiger partial charge in [-0.25, -0.2) is 9.80 Å². The van der Waals surface area contributed by atoms with Crippen molar-refractivity contribution >= 4 is 23.7 Å². The molecule has 8 N–H and O–H groups in total. The Hall–Kier alpha value is -3.80. The van der Waals surface area contributed by atoms with Gasteiger partial charge in [0.05, 0.1) is 24.5 Å². The average Bonchev–Trinajstić information content (AvgIpc) is 2.83. The maximum atomic E-state index is 13.8. The molecule has 4 atom stereocenters. The Labute approximate surface area is 209 Å². The van der Waals surface area contributed by atoms with Crippen molar-refractivity contribution in [1.82, 2.24) is 15.8 Å². The molecule has 1 unspecified atom stereocenters. The van der Waals surface area contributed by atoms with Crippen molar-refractivity contribution in [2.75, 3.05) is 6.54 Å². The van der Waals surface area contributed by atoms with Gasteiger partial charge in [-0.05, 0) is 31.5 Å². The SMILES string of the molecule is CC(C)N(C[C@H](O)[C@@H](C(=O)[C@H](CC(N)=O)NC(=O)c1ccccc1)C(N)c1ccccc1)NC(=O)O. The van der Waals surface area contributed by atoms with Crippen molar-refractivity contribution in [1.29, 1.82) is 0 Å². The van der Waals surface area contributed by atoms with Gasteiger partial charge in [0, 0.05) is 24.2 Å². The molecule has 0 spiro atoms. The van der Waals surface area contributed by atoms with Gasteiger partial charge in [-0.15, -0.1) is 0 Å². The van der Waals surface area contributed by atoms with Gasteiger partial charge in [-0.1, -0.05) is 48.5 Å². The summed E-state index contributed by atoms with van der Waals surface area (Å²) >= 11 is 0. The lowest BCUT2D eigenvalue weighted by Crippen LogP contribution is -2.55. The number of hydrogen-bond acceptors (Lipinski definition) is 7. The van der Waals surface area contributed by atoms with Crippen molar-refractivity contribution in [2.24, 2.45) is 17.4 Å². The summed E-state index contributed by atoms with van der Waals surface area (Å²) in [4.78, 5) is 49.5. The van der Waals surface area contributed by atoms with Crippen molar-refractivity contribution < 1.29 is 29.4 Å². The molecule has 0 aliphatic rings. The second-order valence-electron chi connectivity index (χ2n) is 8.66. The van der Waals surface area contributed by atoms with Crippen molar-refractivity contribution in [2.45, 2.75) is 44.5 Å². The van der Waals surface area contributed by atoms with E-state index in [1.54, 1.807) is 74.5 Å². The predicted molar refractivity (Wildman–Crippen MR) is 132 cm³/mol. The van der Waals surface area contributed by atoms with E-state index in [0.717, 1.165) is 0 Å². The number of nitrogens with zero attached hydrogens (tertiary/aromatic N) is 1. The van der Waals surface area contributed by atoms with Gasteiger partial charge >= 0.3 is 6.09 Å². The zero-order valence-electron chi connectivity index (χ0n) is 20.2. The van der Waals surface area contributed by atoms with E-state index in [1.807, 2.05) is 0 Å². The van der Waals surface area contributed by atoms with E-state index >= 15 is 0 Å². The lowest BCUT2D eigenvalue weighted by Gasteiger charge is -2.34. The number of benzene rings is 2. The van der Waals surface area contributed by atoms with Gasteiger partial charge in [-0.2, -0.15) is 0 Å². The highest BCUT2D eigenvalue weighted by molar-refractivity contribution is 6.00. The van der Waals surface area contributed by atoms with E-state index in [9.17, 15) is 24.3 Å². The molecule has 0 heterocycles. The number of aliphatic hydroxyl groups is 1. The van der Waals surface area contributed by atoms with Crippen LogP contribution in [0.1, 0.15) is 42.2 Å². The molecule has 0 aliphatic carbocycles. The van der Waals surface area contributed by atoms with E-state index in [-0.39, 0.29) is 18.2 Å². The summed E-state index contributed by atoms with van der Waals surface area (Å²) in [6.07, 6.45) is -3.32. The summed E-state index contributed by atoms with van der Waals surface area (Å²) in [5, 5.41) is 24.1. The first-order chi connectivity index (χ1) is 17.0. The molecule has 3 amide bonds. The van der Waals surface area contributed by atoms with Crippen LogP contribution in [0.3, 0.4) is 0 Å². The van der Waals surface area contributed by atoms with Crippen molar-refractivity contribution in [3.8, 4) is 0 Å². The largest absolute Gasteiger partial charge is 0.464 e. The first-order valence-electron chi connectivity index (χ1n) is 11.4. The summed E-state index contributed by atoms with van der Waals surface area (Å²) < 4.78 is 0. The van der Waals surface area contributed by atoms with Crippen LogP contribution in [0.2, 0.25) is 0 Å². The van der Waals surface area contributed by atoms with Gasteiger partial charge in [0.25, 0.3) is 5.91 Å². The Morgan fingerprint density at radius 3 is 2.03 bits per heavy atom. The maximum absolute atomic E-state index is 13.8. The van der Waals surface area contributed by atoms with Crippen molar-refractivity contribution in [3.63, 3.8) is 0 Å². The van der Waals surface area contributed by atoms with Crippen LogP contribution in [0.15, 0.2) is 60.7 Å². The topological polar surface area (TPSA) is 188 Å². The van der Waals surface area contributed by atoms with Crippen LogP contribution in [-0.4, -0.2) is 63.6 Å². The Balaban J connectivity index is 2.42. The molecular formula is C25H33N5O6. The van der Waals surface area contributed by atoms with E-state index in [4.69, 9.17) is 16.6 Å². The van der Waals surface area contributed by atoms with E-state index in [1.165, 1.54) is 5.01 Å². The van der Waals surface area contributed by atoms with Crippen LogP contribution >= 0.6 is 0 Å². The van der Waals surface area contributed by atoms with Gasteiger partial charge < -0.3 is 27.0 Å². The molecule has 0 aromatic heterocycles. The van der Waals surface area contributed by atoms with Crippen molar-refractivity contribution in [3.05, 3.63) is 71.8 Å². The summed E-state index contributed by atoms with van der Waals surface area (Å²) in [7, 11) is 0. The number of carbonyl (C=O) groups excluding carboxylic acids is 3. The molecule has 2 aromatic rings. The third-order valence-corrected chi connectivity index (χ3v) is 5.65. The molecular weight excluding hydrogens is 466 g/mol. The van der Waals surface area contributed by atoms with Gasteiger partial charge in [0.15, 0.2) is 5.78 Å². The summed E-state index contributed by atoms with van der Waals surface area (Å²) in [5.41, 5.74) is 14.8. The molecule has 0 saturated carbocycles. The number of rotatable bonds is 13. The van der Waals surface area contributed by atoms with E-state index in [2.05, 4.69) is 10.7 Å². The smallest absolute Gasteiger partial charge is 0.419 e. The minimum Gasteiger partial charge on any atom is -0.464 e. The van der Waals surface area contributed by atoms with Crippen LogP contribution < -0.4 is 22.2 Å². The molecule has 0 radical (unpaired) electrons. The fraction of sp³-hybridized carbons (Fsp3) is 0.360. The quantitative estimate of drug-likeness (QED) is 0.218. The Bertz CT molecular complexity index is 1030.